The number of anilines is 1. The molecule has 20 heavy (non-hydrogen) atoms. The molecule has 1 aromatic carbocycles. The van der Waals surface area contributed by atoms with Crippen LogP contribution in [0.1, 0.15) is 15.9 Å². The molecule has 3 rings (SSSR count). The van der Waals surface area contributed by atoms with Crippen LogP contribution in [0.4, 0.5) is 5.69 Å². The number of amides is 1. The van der Waals surface area contributed by atoms with Gasteiger partial charge in [-0.05, 0) is 36.4 Å². The lowest BCUT2D eigenvalue weighted by Crippen LogP contribution is -2.19. The Bertz CT molecular complexity index is 635. The Kier molecular flexibility index (Phi) is 3.41. The molecule has 0 spiro atoms. The third-order valence-electron chi connectivity index (χ3n) is 3.03. The van der Waals surface area contributed by atoms with Crippen molar-refractivity contribution < 1.29 is 4.79 Å². The van der Waals surface area contributed by atoms with Crippen molar-refractivity contribution in [1.82, 2.24) is 10.3 Å². The average Bonchev–Trinajstić information content (AvgIpc) is 3.03. The second-order valence-corrected chi connectivity index (χ2v) is 4.42. The van der Waals surface area contributed by atoms with Crippen LogP contribution in [0.25, 0.3) is 0 Å². The maximum atomic E-state index is 12.0. The van der Waals surface area contributed by atoms with E-state index in [1.165, 1.54) is 0 Å². The number of amidine groups is 1. The highest BCUT2D eigenvalue weighted by molar-refractivity contribution is 6.04. The zero-order valence-electron chi connectivity index (χ0n) is 10.8. The molecule has 1 aliphatic heterocycles. The van der Waals surface area contributed by atoms with Gasteiger partial charge in [-0.3, -0.25) is 14.8 Å². The summed E-state index contributed by atoms with van der Waals surface area (Å²) >= 11 is 0. The van der Waals surface area contributed by atoms with Crippen molar-refractivity contribution >= 4 is 17.4 Å². The molecule has 0 unspecified atom stereocenters. The number of nitrogens with zero attached hydrogens (tertiary/aromatic N) is 2. The molecular formula is C15H14N4O. The summed E-state index contributed by atoms with van der Waals surface area (Å²) in [6.45, 7) is 1.70. The molecule has 5 nitrogen and oxygen atoms in total. The van der Waals surface area contributed by atoms with Crippen LogP contribution >= 0.6 is 0 Å². The maximum Gasteiger partial charge on any atom is 0.255 e. The predicted octanol–water partition coefficient (Wildman–Crippen LogP) is 1.68. The van der Waals surface area contributed by atoms with Crippen molar-refractivity contribution in [2.45, 2.75) is 0 Å². The van der Waals surface area contributed by atoms with Crippen LogP contribution in [0.15, 0.2) is 53.8 Å². The van der Waals surface area contributed by atoms with Crippen molar-refractivity contribution in [2.24, 2.45) is 4.99 Å². The largest absolute Gasteiger partial charge is 0.368 e. The van der Waals surface area contributed by atoms with Crippen molar-refractivity contribution in [3.05, 3.63) is 59.9 Å². The van der Waals surface area contributed by atoms with Gasteiger partial charge < -0.3 is 10.6 Å². The molecular weight excluding hydrogens is 252 g/mol. The highest BCUT2D eigenvalue weighted by atomic mass is 16.1. The van der Waals surface area contributed by atoms with E-state index in [0.29, 0.717) is 5.56 Å². The molecule has 1 amide bonds. The third-order valence-corrected chi connectivity index (χ3v) is 3.03. The van der Waals surface area contributed by atoms with Crippen molar-refractivity contribution in [3.8, 4) is 0 Å². The second-order valence-electron chi connectivity index (χ2n) is 4.42. The van der Waals surface area contributed by atoms with E-state index in [0.717, 1.165) is 30.2 Å². The molecule has 0 bridgehead atoms. The summed E-state index contributed by atoms with van der Waals surface area (Å²) in [5.74, 6) is 0.772. The van der Waals surface area contributed by atoms with Crippen LogP contribution in [-0.4, -0.2) is 29.8 Å². The highest BCUT2D eigenvalue weighted by Gasteiger charge is 2.09. The molecule has 2 N–H and O–H groups in total. The molecule has 0 atom stereocenters. The number of hydrogen-bond acceptors (Lipinski definition) is 4. The molecule has 0 fully saturated rings. The summed E-state index contributed by atoms with van der Waals surface area (Å²) in [7, 11) is 0. The summed E-state index contributed by atoms with van der Waals surface area (Å²) in [5.41, 5.74) is 2.38. The Labute approximate surface area is 116 Å². The van der Waals surface area contributed by atoms with Gasteiger partial charge >= 0.3 is 0 Å². The fourth-order valence-electron chi connectivity index (χ4n) is 2.01. The van der Waals surface area contributed by atoms with Gasteiger partial charge in [-0.1, -0.05) is 0 Å². The minimum Gasteiger partial charge on any atom is -0.368 e. The van der Waals surface area contributed by atoms with E-state index < -0.39 is 0 Å². The topological polar surface area (TPSA) is 66.4 Å². The van der Waals surface area contributed by atoms with Crippen LogP contribution in [0.5, 0.6) is 0 Å². The van der Waals surface area contributed by atoms with Gasteiger partial charge in [0.25, 0.3) is 5.91 Å². The van der Waals surface area contributed by atoms with E-state index in [2.05, 4.69) is 20.6 Å². The van der Waals surface area contributed by atoms with Gasteiger partial charge in [0.05, 0.1) is 6.54 Å². The molecule has 1 aromatic heterocycles. The van der Waals surface area contributed by atoms with E-state index in [4.69, 9.17) is 0 Å². The van der Waals surface area contributed by atoms with Crippen LogP contribution < -0.4 is 10.6 Å². The van der Waals surface area contributed by atoms with Crippen LogP contribution in [-0.2, 0) is 0 Å². The van der Waals surface area contributed by atoms with Gasteiger partial charge in [-0.15, -0.1) is 0 Å². The van der Waals surface area contributed by atoms with Crippen molar-refractivity contribution in [3.63, 3.8) is 0 Å². The summed E-state index contributed by atoms with van der Waals surface area (Å²) in [6, 6.07) is 11.0. The number of aliphatic imine (C=N–C) groups is 1. The number of nitrogens with one attached hydrogen (secondary N) is 2. The van der Waals surface area contributed by atoms with Gasteiger partial charge in [0, 0.05) is 35.8 Å². The number of pyridine rings is 1. The van der Waals surface area contributed by atoms with Crippen molar-refractivity contribution in [2.75, 3.05) is 18.4 Å². The van der Waals surface area contributed by atoms with Gasteiger partial charge in [0.1, 0.15) is 5.84 Å². The molecule has 0 saturated heterocycles. The normalized spacial score (nSPS) is 13.5. The van der Waals surface area contributed by atoms with E-state index in [9.17, 15) is 4.79 Å². The predicted molar refractivity (Wildman–Crippen MR) is 78.0 cm³/mol. The summed E-state index contributed by atoms with van der Waals surface area (Å²) < 4.78 is 0. The Hall–Kier alpha value is -2.69. The third kappa shape index (κ3) is 2.66. The summed E-state index contributed by atoms with van der Waals surface area (Å²) in [6.07, 6.45) is 3.20. The Morgan fingerprint density at radius 2 is 1.85 bits per heavy atom. The highest BCUT2D eigenvalue weighted by Crippen LogP contribution is 2.12. The fourth-order valence-corrected chi connectivity index (χ4v) is 2.01. The number of aromatic nitrogens is 1. The first-order chi connectivity index (χ1) is 9.83. The average molecular weight is 266 g/mol. The molecule has 0 radical (unpaired) electrons. The van der Waals surface area contributed by atoms with E-state index in [-0.39, 0.29) is 5.91 Å². The number of hydrogen-bond donors (Lipinski definition) is 2. The minimum absolute atomic E-state index is 0.142. The molecule has 5 heteroatoms. The first-order valence-electron chi connectivity index (χ1n) is 6.43. The van der Waals surface area contributed by atoms with Gasteiger partial charge in [0.2, 0.25) is 0 Å². The Balaban J connectivity index is 1.71. The van der Waals surface area contributed by atoms with Gasteiger partial charge in [0.15, 0.2) is 0 Å². The standard InChI is InChI=1S/C15H14N4O/c20-15(12-5-7-16-8-6-12)19-13-3-1-11(2-4-13)14-17-9-10-18-14/h1-8H,9-10H2,(H,17,18)(H,19,20). The summed E-state index contributed by atoms with van der Waals surface area (Å²) in [5, 5.41) is 6.06. The van der Waals surface area contributed by atoms with Crippen LogP contribution in [0, 0.1) is 0 Å². The smallest absolute Gasteiger partial charge is 0.255 e. The maximum absolute atomic E-state index is 12.0. The number of carbonyl (C=O) groups is 1. The summed E-state index contributed by atoms with van der Waals surface area (Å²) in [4.78, 5) is 20.2. The van der Waals surface area contributed by atoms with Crippen LogP contribution in [0.2, 0.25) is 0 Å². The molecule has 2 aromatic rings. The van der Waals surface area contributed by atoms with Crippen molar-refractivity contribution in [1.29, 1.82) is 0 Å². The fraction of sp³-hybridized carbons (Fsp3) is 0.133. The van der Waals surface area contributed by atoms with E-state index >= 15 is 0 Å². The van der Waals surface area contributed by atoms with E-state index in [1.54, 1.807) is 24.5 Å². The zero-order chi connectivity index (χ0) is 13.8. The number of rotatable bonds is 3. The monoisotopic (exact) mass is 266 g/mol. The number of carbonyl (C=O) groups excluding carboxylic acids is 1. The molecule has 100 valence electrons. The second kappa shape index (κ2) is 5.52. The number of benzene rings is 1. The molecule has 0 aliphatic carbocycles. The first kappa shape index (κ1) is 12.3. The van der Waals surface area contributed by atoms with E-state index in [1.807, 2.05) is 24.3 Å². The van der Waals surface area contributed by atoms with Crippen LogP contribution in [0.3, 0.4) is 0 Å². The zero-order valence-corrected chi connectivity index (χ0v) is 10.8. The SMILES string of the molecule is O=C(Nc1ccc(C2=NCCN2)cc1)c1ccncc1. The lowest BCUT2D eigenvalue weighted by atomic mass is 10.2. The first-order valence-corrected chi connectivity index (χ1v) is 6.43. The minimum atomic E-state index is -0.142. The molecule has 1 aliphatic rings. The Morgan fingerprint density at radius 1 is 1.10 bits per heavy atom. The lowest BCUT2D eigenvalue weighted by Gasteiger charge is -2.07. The van der Waals surface area contributed by atoms with Gasteiger partial charge in [-0.2, -0.15) is 0 Å². The lowest BCUT2D eigenvalue weighted by molar-refractivity contribution is 0.102. The molecule has 0 saturated carbocycles. The molecule has 2 heterocycles. The quantitative estimate of drug-likeness (QED) is 0.888. The Morgan fingerprint density at radius 3 is 2.50 bits per heavy atom. The van der Waals surface area contributed by atoms with Gasteiger partial charge in [-0.25, -0.2) is 0 Å².